The van der Waals surface area contributed by atoms with Gasteiger partial charge in [-0.2, -0.15) is 5.10 Å². The zero-order valence-corrected chi connectivity index (χ0v) is 13.6. The maximum Gasteiger partial charge on any atom is 0.267 e. The van der Waals surface area contributed by atoms with E-state index in [0.717, 1.165) is 31.5 Å². The summed E-state index contributed by atoms with van der Waals surface area (Å²) >= 11 is 0. The summed E-state index contributed by atoms with van der Waals surface area (Å²) < 4.78 is 1.27. The summed E-state index contributed by atoms with van der Waals surface area (Å²) in [7, 11) is 0. The number of aromatic nitrogens is 2. The van der Waals surface area contributed by atoms with Crippen molar-refractivity contribution in [3.8, 4) is 11.3 Å². The lowest BCUT2D eigenvalue weighted by Gasteiger charge is -2.15. The molecule has 1 fully saturated rings. The molecule has 0 saturated carbocycles. The number of carbonyl (C=O) groups excluding carboxylic acids is 1. The number of hydrogen-bond donors (Lipinski definition) is 0. The first-order valence-corrected chi connectivity index (χ1v) is 7.98. The van der Waals surface area contributed by atoms with E-state index in [-0.39, 0.29) is 18.0 Å². The van der Waals surface area contributed by atoms with Gasteiger partial charge in [0.2, 0.25) is 5.91 Å². The number of amides is 1. The van der Waals surface area contributed by atoms with Crippen LogP contribution < -0.4 is 5.56 Å². The molecule has 3 rings (SSSR count). The molecule has 1 aliphatic rings. The number of hydrogen-bond acceptors (Lipinski definition) is 3. The Morgan fingerprint density at radius 2 is 1.83 bits per heavy atom. The van der Waals surface area contributed by atoms with Crippen LogP contribution in [0.25, 0.3) is 11.3 Å². The fraction of sp³-hybridized carbons (Fsp3) is 0.389. The van der Waals surface area contributed by atoms with Crippen molar-refractivity contribution in [1.29, 1.82) is 0 Å². The lowest BCUT2D eigenvalue weighted by atomic mass is 10.0. The quantitative estimate of drug-likeness (QED) is 0.873. The van der Waals surface area contributed by atoms with Gasteiger partial charge in [-0.25, -0.2) is 4.68 Å². The fourth-order valence-electron chi connectivity index (χ4n) is 2.81. The summed E-state index contributed by atoms with van der Waals surface area (Å²) in [6.07, 6.45) is 2.08. The average molecular weight is 311 g/mol. The lowest BCUT2D eigenvalue weighted by molar-refractivity contribution is -0.131. The molecule has 5 heteroatoms. The monoisotopic (exact) mass is 311 g/mol. The minimum absolute atomic E-state index is 0.0114. The van der Waals surface area contributed by atoms with Crippen molar-refractivity contribution in [2.24, 2.45) is 0 Å². The molecule has 120 valence electrons. The second kappa shape index (κ2) is 6.36. The first-order valence-electron chi connectivity index (χ1n) is 7.98. The van der Waals surface area contributed by atoms with Gasteiger partial charge in [0.15, 0.2) is 0 Å². The Hall–Kier alpha value is -2.43. The van der Waals surface area contributed by atoms with Gasteiger partial charge in [0.25, 0.3) is 5.56 Å². The van der Waals surface area contributed by atoms with Crippen molar-refractivity contribution in [3.05, 3.63) is 51.8 Å². The number of likely N-dealkylation sites (tertiary alicyclic amines) is 1. The Balaban J connectivity index is 1.88. The van der Waals surface area contributed by atoms with E-state index in [9.17, 15) is 9.59 Å². The van der Waals surface area contributed by atoms with E-state index in [0.29, 0.717) is 5.69 Å². The van der Waals surface area contributed by atoms with Gasteiger partial charge in [-0.05, 0) is 49.9 Å². The number of carbonyl (C=O) groups is 1. The van der Waals surface area contributed by atoms with Crippen LogP contribution in [0.3, 0.4) is 0 Å². The number of benzene rings is 1. The van der Waals surface area contributed by atoms with Gasteiger partial charge in [0.1, 0.15) is 6.54 Å². The van der Waals surface area contributed by atoms with E-state index in [1.807, 2.05) is 19.1 Å². The third-order valence-electron chi connectivity index (χ3n) is 4.41. The standard InChI is InChI=1S/C18H21N3O2/c1-13-5-6-15(11-14(13)2)16-7-8-17(22)21(19-16)12-18(23)20-9-3-4-10-20/h5-8,11H,3-4,9-10,12H2,1-2H3. The Morgan fingerprint density at radius 1 is 1.09 bits per heavy atom. The van der Waals surface area contributed by atoms with Crippen molar-refractivity contribution < 1.29 is 4.79 Å². The molecule has 1 aliphatic heterocycles. The van der Waals surface area contributed by atoms with Crippen LogP contribution >= 0.6 is 0 Å². The third kappa shape index (κ3) is 3.33. The van der Waals surface area contributed by atoms with Gasteiger partial charge in [-0.1, -0.05) is 12.1 Å². The van der Waals surface area contributed by atoms with Crippen LogP contribution in [-0.2, 0) is 11.3 Å². The van der Waals surface area contributed by atoms with Crippen molar-refractivity contribution in [3.63, 3.8) is 0 Å². The molecule has 0 aliphatic carbocycles. The zero-order chi connectivity index (χ0) is 16.4. The molecule has 1 aromatic carbocycles. The summed E-state index contributed by atoms with van der Waals surface area (Å²) in [5.41, 5.74) is 3.81. The van der Waals surface area contributed by atoms with E-state index in [1.54, 1.807) is 11.0 Å². The Morgan fingerprint density at radius 3 is 2.52 bits per heavy atom. The van der Waals surface area contributed by atoms with Gasteiger partial charge in [-0.15, -0.1) is 0 Å². The molecule has 0 bridgehead atoms. The van der Waals surface area contributed by atoms with Crippen LogP contribution in [0, 0.1) is 13.8 Å². The molecule has 2 aromatic rings. The van der Waals surface area contributed by atoms with Crippen LogP contribution in [0.15, 0.2) is 35.1 Å². The molecule has 2 heterocycles. The first-order chi connectivity index (χ1) is 11.0. The first kappa shape index (κ1) is 15.5. The van der Waals surface area contributed by atoms with E-state index in [2.05, 4.69) is 18.1 Å². The summed E-state index contributed by atoms with van der Waals surface area (Å²) in [5.74, 6) is -0.0330. The van der Waals surface area contributed by atoms with Gasteiger partial charge < -0.3 is 4.90 Å². The predicted molar refractivity (Wildman–Crippen MR) is 89.2 cm³/mol. The minimum Gasteiger partial charge on any atom is -0.341 e. The average Bonchev–Trinajstić information content (AvgIpc) is 3.07. The van der Waals surface area contributed by atoms with Gasteiger partial charge in [0, 0.05) is 24.7 Å². The Kier molecular flexibility index (Phi) is 4.28. The Bertz CT molecular complexity index is 789. The predicted octanol–water partition coefficient (Wildman–Crippen LogP) is 2.15. The van der Waals surface area contributed by atoms with Crippen molar-refractivity contribution in [1.82, 2.24) is 14.7 Å². The molecule has 5 nitrogen and oxygen atoms in total. The smallest absolute Gasteiger partial charge is 0.267 e. The van der Waals surface area contributed by atoms with Crippen molar-refractivity contribution in [2.75, 3.05) is 13.1 Å². The molecular formula is C18H21N3O2. The van der Waals surface area contributed by atoms with Crippen molar-refractivity contribution >= 4 is 5.91 Å². The molecular weight excluding hydrogens is 290 g/mol. The molecule has 23 heavy (non-hydrogen) atoms. The van der Waals surface area contributed by atoms with Crippen LogP contribution in [0.5, 0.6) is 0 Å². The van der Waals surface area contributed by atoms with Crippen LogP contribution in [0.1, 0.15) is 24.0 Å². The molecule has 0 spiro atoms. The molecule has 0 unspecified atom stereocenters. The highest BCUT2D eigenvalue weighted by Crippen LogP contribution is 2.19. The van der Waals surface area contributed by atoms with Gasteiger partial charge in [0.05, 0.1) is 5.69 Å². The molecule has 1 aromatic heterocycles. The maximum atomic E-state index is 12.2. The van der Waals surface area contributed by atoms with Crippen LogP contribution in [0.4, 0.5) is 0 Å². The number of nitrogens with zero attached hydrogens (tertiary/aromatic N) is 3. The zero-order valence-electron chi connectivity index (χ0n) is 13.6. The molecule has 1 amide bonds. The third-order valence-corrected chi connectivity index (χ3v) is 4.41. The highest BCUT2D eigenvalue weighted by atomic mass is 16.2. The highest BCUT2D eigenvalue weighted by molar-refractivity contribution is 5.76. The van der Waals surface area contributed by atoms with Crippen molar-refractivity contribution in [2.45, 2.75) is 33.2 Å². The molecule has 1 saturated heterocycles. The summed E-state index contributed by atoms with van der Waals surface area (Å²) in [5, 5.41) is 4.38. The van der Waals surface area contributed by atoms with Gasteiger partial charge >= 0.3 is 0 Å². The maximum absolute atomic E-state index is 12.2. The Labute approximate surface area is 135 Å². The van der Waals surface area contributed by atoms with Crippen LogP contribution in [-0.4, -0.2) is 33.7 Å². The van der Waals surface area contributed by atoms with E-state index in [4.69, 9.17) is 0 Å². The molecule has 0 radical (unpaired) electrons. The fourth-order valence-corrected chi connectivity index (χ4v) is 2.81. The normalized spacial score (nSPS) is 14.3. The second-order valence-corrected chi connectivity index (χ2v) is 6.10. The van der Waals surface area contributed by atoms with Crippen LogP contribution in [0.2, 0.25) is 0 Å². The minimum atomic E-state index is -0.245. The summed E-state index contributed by atoms with van der Waals surface area (Å²) in [6, 6.07) is 9.27. The molecule has 0 N–H and O–H groups in total. The topological polar surface area (TPSA) is 55.2 Å². The molecule has 0 atom stereocenters. The summed E-state index contributed by atoms with van der Waals surface area (Å²) in [6.45, 7) is 5.68. The lowest BCUT2D eigenvalue weighted by Crippen LogP contribution is -2.35. The van der Waals surface area contributed by atoms with E-state index >= 15 is 0 Å². The highest BCUT2D eigenvalue weighted by Gasteiger charge is 2.19. The summed E-state index contributed by atoms with van der Waals surface area (Å²) in [4.78, 5) is 26.0. The van der Waals surface area contributed by atoms with Gasteiger partial charge in [-0.3, -0.25) is 9.59 Å². The largest absolute Gasteiger partial charge is 0.341 e. The number of rotatable bonds is 3. The second-order valence-electron chi connectivity index (χ2n) is 6.10. The van der Waals surface area contributed by atoms with E-state index < -0.39 is 0 Å². The number of aryl methyl sites for hydroxylation is 2. The van der Waals surface area contributed by atoms with E-state index in [1.165, 1.54) is 21.9 Å². The SMILES string of the molecule is Cc1ccc(-c2ccc(=O)n(CC(=O)N3CCCC3)n2)cc1C.